The third kappa shape index (κ3) is 3.72. The van der Waals surface area contributed by atoms with Crippen LogP contribution in [0, 0.1) is 0 Å². The van der Waals surface area contributed by atoms with Crippen molar-refractivity contribution in [2.24, 2.45) is 0 Å². The summed E-state index contributed by atoms with van der Waals surface area (Å²) >= 11 is 0. The number of anilines is 1. The van der Waals surface area contributed by atoms with Gasteiger partial charge in [0.1, 0.15) is 17.7 Å². The summed E-state index contributed by atoms with van der Waals surface area (Å²) in [6.45, 7) is 10.3. The number of fused-ring (bicyclic) bond motifs is 1. The highest BCUT2D eigenvalue weighted by atomic mass is 16.6. The maximum Gasteiger partial charge on any atom is 0.410 e. The number of hydrogen-bond acceptors (Lipinski definition) is 6. The van der Waals surface area contributed by atoms with Crippen molar-refractivity contribution in [2.45, 2.75) is 39.3 Å². The standard InChI is InChI=1S/C16H25N5O2/c1-16(2,3)23-15(22)21-8-6-20(7-9-21)14-12-10-17-5-4-13(12)18-11-19-14/h11,17H,4-10H2,1-3H3. The fraction of sp³-hybridized carbons (Fsp3) is 0.688. The molecule has 126 valence electrons. The van der Waals surface area contributed by atoms with Crippen LogP contribution >= 0.6 is 0 Å². The minimum atomic E-state index is -0.453. The molecule has 1 amide bonds. The van der Waals surface area contributed by atoms with E-state index in [4.69, 9.17) is 4.74 Å². The van der Waals surface area contributed by atoms with E-state index in [0.29, 0.717) is 13.1 Å². The molecule has 0 bridgehead atoms. The number of rotatable bonds is 1. The Bertz CT molecular complexity index is 576. The third-order valence-electron chi connectivity index (χ3n) is 4.08. The normalized spacial score (nSPS) is 18.6. The predicted octanol–water partition coefficient (Wildman–Crippen LogP) is 1.18. The van der Waals surface area contributed by atoms with Crippen LogP contribution in [0.1, 0.15) is 32.0 Å². The Labute approximate surface area is 137 Å². The molecule has 0 spiro atoms. The zero-order valence-corrected chi connectivity index (χ0v) is 14.1. The number of piperazine rings is 1. The van der Waals surface area contributed by atoms with Gasteiger partial charge in [-0.3, -0.25) is 0 Å². The summed E-state index contributed by atoms with van der Waals surface area (Å²) in [5.41, 5.74) is 1.89. The van der Waals surface area contributed by atoms with Gasteiger partial charge in [-0.25, -0.2) is 14.8 Å². The van der Waals surface area contributed by atoms with Crippen LogP contribution in [-0.2, 0) is 17.7 Å². The second-order valence-electron chi connectivity index (χ2n) is 7.00. The molecule has 0 aliphatic carbocycles. The Hall–Kier alpha value is -1.89. The van der Waals surface area contributed by atoms with Gasteiger partial charge >= 0.3 is 6.09 Å². The van der Waals surface area contributed by atoms with Gasteiger partial charge in [0, 0.05) is 51.3 Å². The predicted molar refractivity (Wildman–Crippen MR) is 87.5 cm³/mol. The summed E-state index contributed by atoms with van der Waals surface area (Å²) in [6.07, 6.45) is 2.37. The number of ether oxygens (including phenoxy) is 1. The van der Waals surface area contributed by atoms with Crippen LogP contribution in [0.2, 0.25) is 0 Å². The van der Waals surface area contributed by atoms with Crippen molar-refractivity contribution in [1.29, 1.82) is 0 Å². The number of nitrogens with zero attached hydrogens (tertiary/aromatic N) is 4. The van der Waals surface area contributed by atoms with Gasteiger partial charge in [0.2, 0.25) is 0 Å². The second kappa shape index (κ2) is 6.31. The van der Waals surface area contributed by atoms with E-state index in [2.05, 4.69) is 20.2 Å². The van der Waals surface area contributed by atoms with Gasteiger partial charge in [0.25, 0.3) is 0 Å². The first-order valence-electron chi connectivity index (χ1n) is 8.20. The van der Waals surface area contributed by atoms with Crippen LogP contribution in [0.4, 0.5) is 10.6 Å². The molecule has 1 saturated heterocycles. The summed E-state index contributed by atoms with van der Waals surface area (Å²) in [5.74, 6) is 1.01. The summed E-state index contributed by atoms with van der Waals surface area (Å²) in [7, 11) is 0. The largest absolute Gasteiger partial charge is 0.444 e. The quantitative estimate of drug-likeness (QED) is 0.838. The number of amides is 1. The van der Waals surface area contributed by atoms with Gasteiger partial charge in [0.05, 0.1) is 5.69 Å². The van der Waals surface area contributed by atoms with Crippen LogP contribution < -0.4 is 10.2 Å². The molecule has 1 aromatic heterocycles. The lowest BCUT2D eigenvalue weighted by molar-refractivity contribution is 0.0240. The maximum absolute atomic E-state index is 12.1. The van der Waals surface area contributed by atoms with Gasteiger partial charge < -0.3 is 19.9 Å². The van der Waals surface area contributed by atoms with Crippen molar-refractivity contribution in [2.75, 3.05) is 37.6 Å². The summed E-state index contributed by atoms with van der Waals surface area (Å²) in [4.78, 5) is 25.0. The van der Waals surface area contributed by atoms with Crippen LogP contribution in [-0.4, -0.2) is 59.3 Å². The van der Waals surface area contributed by atoms with E-state index in [1.54, 1.807) is 11.2 Å². The van der Waals surface area contributed by atoms with E-state index in [1.165, 1.54) is 5.56 Å². The Balaban J connectivity index is 1.65. The van der Waals surface area contributed by atoms with Gasteiger partial charge in [-0.2, -0.15) is 0 Å². The Morgan fingerprint density at radius 2 is 1.96 bits per heavy atom. The molecule has 3 rings (SSSR count). The monoisotopic (exact) mass is 319 g/mol. The molecule has 1 aromatic rings. The highest BCUT2D eigenvalue weighted by molar-refractivity contribution is 5.68. The van der Waals surface area contributed by atoms with Gasteiger partial charge in [0.15, 0.2) is 0 Å². The van der Waals surface area contributed by atoms with Crippen LogP contribution in [0.3, 0.4) is 0 Å². The fourth-order valence-electron chi connectivity index (χ4n) is 2.95. The molecule has 1 N–H and O–H groups in total. The van der Waals surface area contributed by atoms with Crippen molar-refractivity contribution in [3.63, 3.8) is 0 Å². The number of hydrogen-bond donors (Lipinski definition) is 1. The highest BCUT2D eigenvalue weighted by Gasteiger charge is 2.28. The van der Waals surface area contributed by atoms with Crippen molar-refractivity contribution < 1.29 is 9.53 Å². The number of nitrogens with one attached hydrogen (secondary N) is 1. The van der Waals surface area contributed by atoms with Crippen LogP contribution in [0.5, 0.6) is 0 Å². The molecule has 23 heavy (non-hydrogen) atoms. The van der Waals surface area contributed by atoms with E-state index in [9.17, 15) is 4.79 Å². The molecule has 0 radical (unpaired) electrons. The Morgan fingerprint density at radius 1 is 1.22 bits per heavy atom. The molecule has 2 aliphatic heterocycles. The molecule has 3 heterocycles. The van der Waals surface area contributed by atoms with Gasteiger partial charge in [-0.1, -0.05) is 0 Å². The summed E-state index contributed by atoms with van der Waals surface area (Å²) in [6, 6.07) is 0. The smallest absolute Gasteiger partial charge is 0.410 e. The topological polar surface area (TPSA) is 70.6 Å². The first-order chi connectivity index (χ1) is 10.9. The maximum atomic E-state index is 12.1. The Morgan fingerprint density at radius 3 is 2.65 bits per heavy atom. The molecule has 2 aliphatic rings. The molecule has 0 saturated carbocycles. The minimum Gasteiger partial charge on any atom is -0.444 e. The first kappa shape index (κ1) is 16.0. The summed E-state index contributed by atoms with van der Waals surface area (Å²) < 4.78 is 5.44. The van der Waals surface area contributed by atoms with Crippen LogP contribution in [0.25, 0.3) is 0 Å². The Kier molecular flexibility index (Phi) is 4.39. The zero-order chi connectivity index (χ0) is 16.4. The molecule has 0 unspecified atom stereocenters. The number of carbonyl (C=O) groups excluding carboxylic acids is 1. The second-order valence-corrected chi connectivity index (χ2v) is 7.00. The average Bonchev–Trinajstić information content (AvgIpc) is 2.53. The SMILES string of the molecule is CC(C)(C)OC(=O)N1CCN(c2ncnc3c2CNCC3)CC1. The van der Waals surface area contributed by atoms with Gasteiger partial charge in [-0.15, -0.1) is 0 Å². The highest BCUT2D eigenvalue weighted by Crippen LogP contribution is 2.23. The average molecular weight is 319 g/mol. The number of aromatic nitrogens is 2. The van der Waals surface area contributed by atoms with E-state index in [1.807, 2.05) is 20.8 Å². The molecule has 0 aromatic carbocycles. The van der Waals surface area contributed by atoms with Crippen molar-refractivity contribution in [1.82, 2.24) is 20.2 Å². The van der Waals surface area contributed by atoms with E-state index >= 15 is 0 Å². The minimum absolute atomic E-state index is 0.233. The summed E-state index contributed by atoms with van der Waals surface area (Å²) in [5, 5.41) is 3.38. The fourth-order valence-corrected chi connectivity index (χ4v) is 2.95. The van der Waals surface area contributed by atoms with Crippen molar-refractivity contribution >= 4 is 11.9 Å². The lowest BCUT2D eigenvalue weighted by Gasteiger charge is -2.37. The van der Waals surface area contributed by atoms with E-state index in [0.717, 1.165) is 44.1 Å². The third-order valence-corrected chi connectivity index (χ3v) is 4.08. The molecule has 7 nitrogen and oxygen atoms in total. The van der Waals surface area contributed by atoms with Gasteiger partial charge in [-0.05, 0) is 20.8 Å². The molecule has 0 atom stereocenters. The van der Waals surface area contributed by atoms with Crippen molar-refractivity contribution in [3.05, 3.63) is 17.6 Å². The lowest BCUT2D eigenvalue weighted by Crippen LogP contribution is -2.50. The van der Waals surface area contributed by atoms with Crippen LogP contribution in [0.15, 0.2) is 6.33 Å². The van der Waals surface area contributed by atoms with E-state index in [-0.39, 0.29) is 6.09 Å². The van der Waals surface area contributed by atoms with Crippen molar-refractivity contribution in [3.8, 4) is 0 Å². The molecule has 1 fully saturated rings. The number of carbonyl (C=O) groups is 1. The zero-order valence-electron chi connectivity index (χ0n) is 14.1. The molecular formula is C16H25N5O2. The molecule has 7 heteroatoms. The first-order valence-corrected chi connectivity index (χ1v) is 8.20. The van der Waals surface area contributed by atoms with E-state index < -0.39 is 5.60 Å². The molecular weight excluding hydrogens is 294 g/mol. The lowest BCUT2D eigenvalue weighted by atomic mass is 10.1.